The fourth-order valence-corrected chi connectivity index (χ4v) is 2.98. The number of aliphatic hydroxyl groups excluding tert-OH is 1. The Morgan fingerprint density at radius 3 is 1.94 bits per heavy atom. The van der Waals surface area contributed by atoms with Crippen molar-refractivity contribution in [3.63, 3.8) is 0 Å². The third-order valence-electron chi connectivity index (χ3n) is 1.85. The maximum atomic E-state index is 10.4. The highest BCUT2D eigenvalue weighted by molar-refractivity contribution is 8.76. The van der Waals surface area contributed by atoms with Gasteiger partial charge < -0.3 is 21.7 Å². The summed E-state index contributed by atoms with van der Waals surface area (Å²) in [6.07, 6.45) is 1.10. The van der Waals surface area contributed by atoms with Crippen molar-refractivity contribution in [3.05, 3.63) is 12.3 Å². The van der Waals surface area contributed by atoms with Crippen LogP contribution >= 0.6 is 21.6 Å². The summed E-state index contributed by atoms with van der Waals surface area (Å²) in [6.45, 7) is 3.35. The van der Waals surface area contributed by atoms with E-state index in [1.807, 2.05) is 0 Å². The largest absolute Gasteiger partial charge is 0.511 e. The minimum absolute atomic E-state index is 0.00139. The minimum atomic E-state index is -0.968. The molecule has 0 aliphatic rings. The molecule has 16 heavy (non-hydrogen) atoms. The summed E-state index contributed by atoms with van der Waals surface area (Å²) in [6, 6.07) is -1.16. The molecule has 7 heteroatoms. The predicted octanol–water partition coefficient (Wildman–Crippen LogP) is 0.959. The molecule has 94 valence electrons. The van der Waals surface area contributed by atoms with Crippen molar-refractivity contribution in [2.75, 3.05) is 11.5 Å². The Morgan fingerprint density at radius 2 is 1.56 bits per heavy atom. The van der Waals surface area contributed by atoms with Gasteiger partial charge in [-0.05, 0) is 12.8 Å². The number of hydrogen-bond donors (Lipinski definition) is 4. The molecule has 0 saturated heterocycles. The van der Waals surface area contributed by atoms with Gasteiger partial charge in [0, 0.05) is 11.5 Å². The molecule has 0 saturated carbocycles. The van der Waals surface area contributed by atoms with Crippen LogP contribution in [0.25, 0.3) is 0 Å². The SMILES string of the molecule is C=C(O)C(N)CCSSCCC(N)C(=O)O. The molecule has 0 rings (SSSR count). The van der Waals surface area contributed by atoms with Crippen LogP contribution in [-0.4, -0.2) is 39.8 Å². The maximum Gasteiger partial charge on any atom is 0.320 e. The van der Waals surface area contributed by atoms with Crippen molar-refractivity contribution < 1.29 is 15.0 Å². The van der Waals surface area contributed by atoms with E-state index in [9.17, 15) is 4.79 Å². The first kappa shape index (κ1) is 15.6. The second kappa shape index (κ2) is 8.74. The standard InChI is InChI=1S/C9H18N2O3S2/c1-6(12)7(10)2-4-15-16-5-3-8(11)9(13)14/h7-8,12H,1-5,10-11H2,(H,13,14). The maximum absolute atomic E-state index is 10.4. The van der Waals surface area contributed by atoms with Crippen LogP contribution in [0.2, 0.25) is 0 Å². The van der Waals surface area contributed by atoms with Crippen molar-refractivity contribution in [1.29, 1.82) is 0 Å². The third kappa shape index (κ3) is 7.86. The highest BCUT2D eigenvalue weighted by atomic mass is 33.1. The molecule has 0 radical (unpaired) electrons. The molecule has 0 spiro atoms. The van der Waals surface area contributed by atoms with Gasteiger partial charge in [-0.3, -0.25) is 4.79 Å². The summed E-state index contributed by atoms with van der Waals surface area (Å²) in [5, 5.41) is 17.5. The quantitative estimate of drug-likeness (QED) is 0.279. The molecule has 0 amide bonds. The molecule has 0 aliphatic heterocycles. The van der Waals surface area contributed by atoms with Crippen LogP contribution in [0.4, 0.5) is 0 Å². The van der Waals surface area contributed by atoms with Gasteiger partial charge in [0.15, 0.2) is 0 Å². The number of rotatable bonds is 9. The van der Waals surface area contributed by atoms with E-state index in [-0.39, 0.29) is 11.8 Å². The lowest BCUT2D eigenvalue weighted by molar-refractivity contribution is -0.138. The first-order valence-corrected chi connectivity index (χ1v) is 7.30. The Kier molecular flexibility index (Phi) is 8.54. The molecule has 2 atom stereocenters. The fraction of sp³-hybridized carbons (Fsp3) is 0.667. The number of aliphatic hydroxyl groups is 1. The van der Waals surface area contributed by atoms with Crippen molar-refractivity contribution >= 4 is 27.6 Å². The molecule has 5 nitrogen and oxygen atoms in total. The van der Waals surface area contributed by atoms with Crippen LogP contribution in [-0.2, 0) is 4.79 Å². The van der Waals surface area contributed by atoms with Crippen molar-refractivity contribution in [2.24, 2.45) is 11.5 Å². The highest BCUT2D eigenvalue weighted by Crippen LogP contribution is 2.23. The number of carboxylic acids is 1. The topological polar surface area (TPSA) is 110 Å². The molecule has 0 aromatic heterocycles. The van der Waals surface area contributed by atoms with Gasteiger partial charge in [-0.2, -0.15) is 0 Å². The summed E-state index contributed by atoms with van der Waals surface area (Å²) in [5.41, 5.74) is 10.9. The Hall–Kier alpha value is -0.370. The van der Waals surface area contributed by atoms with Crippen LogP contribution in [0, 0.1) is 0 Å². The zero-order valence-corrected chi connectivity index (χ0v) is 10.6. The first-order valence-electron chi connectivity index (χ1n) is 4.81. The molecule has 0 fully saturated rings. The number of carbonyl (C=O) groups is 1. The Morgan fingerprint density at radius 1 is 1.12 bits per heavy atom. The average molecular weight is 266 g/mol. The second-order valence-electron chi connectivity index (χ2n) is 3.26. The van der Waals surface area contributed by atoms with E-state index in [0.717, 1.165) is 5.75 Å². The van der Waals surface area contributed by atoms with Crippen LogP contribution in [0.1, 0.15) is 12.8 Å². The van der Waals surface area contributed by atoms with E-state index in [1.54, 1.807) is 21.6 Å². The lowest BCUT2D eigenvalue weighted by atomic mass is 10.2. The summed E-state index contributed by atoms with van der Waals surface area (Å²) in [5.74, 6) is 0.504. The molecule has 0 aromatic rings. The van der Waals surface area contributed by atoms with Crippen molar-refractivity contribution in [2.45, 2.75) is 24.9 Å². The van der Waals surface area contributed by atoms with Gasteiger partial charge in [0.05, 0.1) is 6.04 Å². The summed E-state index contributed by atoms with van der Waals surface area (Å²) in [7, 11) is 3.15. The van der Waals surface area contributed by atoms with E-state index in [2.05, 4.69) is 6.58 Å². The van der Waals surface area contributed by atoms with Gasteiger partial charge in [-0.1, -0.05) is 28.2 Å². The van der Waals surface area contributed by atoms with Crippen molar-refractivity contribution in [1.82, 2.24) is 0 Å². The molecule has 0 aliphatic carbocycles. The van der Waals surface area contributed by atoms with E-state index >= 15 is 0 Å². The number of hydrogen-bond acceptors (Lipinski definition) is 6. The van der Waals surface area contributed by atoms with Gasteiger partial charge in [-0.15, -0.1) is 0 Å². The van der Waals surface area contributed by atoms with E-state index in [4.69, 9.17) is 21.7 Å². The van der Waals surface area contributed by atoms with Crippen LogP contribution in [0.15, 0.2) is 12.3 Å². The first-order chi connectivity index (χ1) is 7.45. The molecule has 0 heterocycles. The van der Waals surface area contributed by atoms with E-state index in [0.29, 0.717) is 18.6 Å². The Labute approximate surface area is 103 Å². The van der Waals surface area contributed by atoms with Crippen LogP contribution < -0.4 is 11.5 Å². The third-order valence-corrected chi connectivity index (χ3v) is 4.32. The van der Waals surface area contributed by atoms with Gasteiger partial charge in [-0.25, -0.2) is 0 Å². The zero-order chi connectivity index (χ0) is 12.6. The predicted molar refractivity (Wildman–Crippen MR) is 69.5 cm³/mol. The molecule has 0 bridgehead atoms. The minimum Gasteiger partial charge on any atom is -0.511 e. The molecular weight excluding hydrogens is 248 g/mol. The van der Waals surface area contributed by atoms with E-state index < -0.39 is 12.0 Å². The van der Waals surface area contributed by atoms with E-state index in [1.165, 1.54) is 0 Å². The smallest absolute Gasteiger partial charge is 0.320 e. The number of carboxylic acid groups (broad SMARTS) is 1. The fourth-order valence-electron chi connectivity index (χ4n) is 0.758. The summed E-state index contributed by atoms with van der Waals surface area (Å²) >= 11 is 0. The number of nitrogens with two attached hydrogens (primary N) is 2. The molecular formula is C9H18N2O3S2. The van der Waals surface area contributed by atoms with Gasteiger partial charge in [0.1, 0.15) is 11.8 Å². The summed E-state index contributed by atoms with van der Waals surface area (Å²) < 4.78 is 0. The normalized spacial score (nSPS) is 14.4. The van der Waals surface area contributed by atoms with Crippen molar-refractivity contribution in [3.8, 4) is 0 Å². The van der Waals surface area contributed by atoms with Gasteiger partial charge in [0.25, 0.3) is 0 Å². The number of aliphatic carboxylic acids is 1. The molecule has 6 N–H and O–H groups in total. The van der Waals surface area contributed by atoms with Gasteiger partial charge >= 0.3 is 5.97 Å². The Bertz CT molecular complexity index is 215. The lowest BCUT2D eigenvalue weighted by Gasteiger charge is -2.09. The van der Waals surface area contributed by atoms with Gasteiger partial charge in [0.2, 0.25) is 0 Å². The average Bonchev–Trinajstić information content (AvgIpc) is 2.21. The highest BCUT2D eigenvalue weighted by Gasteiger charge is 2.10. The second-order valence-corrected chi connectivity index (χ2v) is 5.97. The lowest BCUT2D eigenvalue weighted by Crippen LogP contribution is -2.30. The molecule has 0 aromatic carbocycles. The van der Waals surface area contributed by atoms with Crippen LogP contribution in [0.5, 0.6) is 0 Å². The summed E-state index contributed by atoms with van der Waals surface area (Å²) in [4.78, 5) is 10.4. The Balaban J connectivity index is 3.34. The van der Waals surface area contributed by atoms with Crippen LogP contribution in [0.3, 0.4) is 0 Å². The monoisotopic (exact) mass is 266 g/mol. The molecule has 2 unspecified atom stereocenters. The zero-order valence-electron chi connectivity index (χ0n) is 8.96.